The summed E-state index contributed by atoms with van der Waals surface area (Å²) in [5, 5.41) is 21.4. The molecule has 0 aromatic heterocycles. The normalized spacial score (nSPS) is 18.2. The number of alkyl halides is 3. The van der Waals surface area contributed by atoms with Gasteiger partial charge in [-0.25, -0.2) is 0 Å². The molecule has 1 fully saturated rings. The van der Waals surface area contributed by atoms with Crippen molar-refractivity contribution in [3.8, 4) is 6.07 Å². The van der Waals surface area contributed by atoms with Crippen LogP contribution in [0.4, 0.5) is 18.9 Å². The SMILES string of the molecule is CC(O)(CN1CCOCC1)C(=O)Nc1ccc(C#N)c(C(F)(F)F)c1. The Balaban J connectivity index is 2.12. The number of nitrogens with zero attached hydrogens (tertiary/aromatic N) is 2. The van der Waals surface area contributed by atoms with E-state index < -0.39 is 28.8 Å². The van der Waals surface area contributed by atoms with Crippen LogP contribution in [0.5, 0.6) is 0 Å². The summed E-state index contributed by atoms with van der Waals surface area (Å²) in [6.07, 6.45) is -4.72. The number of β-amino-alcohol motifs (C(OH)–C–C–N with tert-alkyl or cyclic N) is 1. The number of carbonyl (C=O) groups is 1. The van der Waals surface area contributed by atoms with Crippen LogP contribution in [-0.4, -0.2) is 54.4 Å². The maximum absolute atomic E-state index is 13.0. The van der Waals surface area contributed by atoms with Crippen LogP contribution in [0.2, 0.25) is 0 Å². The number of aliphatic hydroxyl groups is 1. The summed E-state index contributed by atoms with van der Waals surface area (Å²) < 4.78 is 44.1. The van der Waals surface area contributed by atoms with Crippen molar-refractivity contribution in [3.05, 3.63) is 29.3 Å². The molecular formula is C16H18F3N3O3. The van der Waals surface area contributed by atoms with E-state index in [1.165, 1.54) is 19.1 Å². The summed E-state index contributed by atoms with van der Waals surface area (Å²) in [6, 6.07) is 4.32. The molecule has 9 heteroatoms. The topological polar surface area (TPSA) is 85.6 Å². The molecular weight excluding hydrogens is 339 g/mol. The zero-order chi connectivity index (χ0) is 18.7. The third-order valence-corrected chi connectivity index (χ3v) is 3.83. The molecule has 1 amide bonds. The first-order valence-electron chi connectivity index (χ1n) is 7.59. The van der Waals surface area contributed by atoms with Gasteiger partial charge in [0.05, 0.1) is 30.4 Å². The standard InChI is InChI=1S/C16H18F3N3O3/c1-15(24,10-22-4-6-25-7-5-22)14(23)21-12-3-2-11(9-20)13(8-12)16(17,18)19/h2-3,8,24H,4-7,10H2,1H3,(H,21,23). The van der Waals surface area contributed by atoms with Crippen molar-refractivity contribution in [2.45, 2.75) is 18.7 Å². The van der Waals surface area contributed by atoms with E-state index in [2.05, 4.69) is 5.32 Å². The van der Waals surface area contributed by atoms with Crippen LogP contribution in [0.1, 0.15) is 18.1 Å². The van der Waals surface area contributed by atoms with E-state index in [1.807, 2.05) is 4.90 Å². The first kappa shape index (κ1) is 19.2. The number of amides is 1. The first-order valence-corrected chi connectivity index (χ1v) is 7.59. The summed E-state index contributed by atoms with van der Waals surface area (Å²) in [5.41, 5.74) is -3.60. The molecule has 0 saturated carbocycles. The van der Waals surface area contributed by atoms with Crippen molar-refractivity contribution in [3.63, 3.8) is 0 Å². The molecule has 1 atom stereocenters. The second kappa shape index (κ2) is 7.39. The Labute approximate surface area is 142 Å². The van der Waals surface area contributed by atoms with E-state index in [1.54, 1.807) is 0 Å². The number of hydrogen-bond acceptors (Lipinski definition) is 5. The number of morpholine rings is 1. The summed E-state index contributed by atoms with van der Waals surface area (Å²) in [6.45, 7) is 3.41. The number of rotatable bonds is 4. The van der Waals surface area contributed by atoms with Gasteiger partial charge >= 0.3 is 6.18 Å². The maximum atomic E-state index is 13.0. The lowest BCUT2D eigenvalue weighted by Gasteiger charge is -2.32. The Hall–Kier alpha value is -2.15. The Morgan fingerprint density at radius 3 is 2.60 bits per heavy atom. The fraction of sp³-hybridized carbons (Fsp3) is 0.500. The second-order valence-electron chi connectivity index (χ2n) is 5.99. The Bertz CT molecular complexity index is 677. The number of hydrogen-bond donors (Lipinski definition) is 2. The van der Waals surface area contributed by atoms with E-state index >= 15 is 0 Å². The first-order chi connectivity index (χ1) is 11.6. The molecule has 25 heavy (non-hydrogen) atoms. The molecule has 1 aromatic rings. The molecule has 1 aromatic carbocycles. The molecule has 1 heterocycles. The number of halogens is 3. The molecule has 2 rings (SSSR count). The molecule has 2 N–H and O–H groups in total. The van der Waals surface area contributed by atoms with Crippen molar-refractivity contribution in [1.29, 1.82) is 5.26 Å². The van der Waals surface area contributed by atoms with Crippen molar-refractivity contribution in [2.75, 3.05) is 38.2 Å². The van der Waals surface area contributed by atoms with Gasteiger partial charge in [-0.05, 0) is 25.1 Å². The molecule has 0 spiro atoms. The minimum atomic E-state index is -4.72. The monoisotopic (exact) mass is 357 g/mol. The van der Waals surface area contributed by atoms with E-state index in [0.717, 1.165) is 6.07 Å². The molecule has 1 aliphatic rings. The van der Waals surface area contributed by atoms with Crippen molar-refractivity contribution in [1.82, 2.24) is 4.90 Å². The molecule has 0 aliphatic carbocycles. The van der Waals surface area contributed by atoms with Crippen LogP contribution >= 0.6 is 0 Å². The maximum Gasteiger partial charge on any atom is 0.417 e. The van der Waals surface area contributed by atoms with Crippen molar-refractivity contribution < 1.29 is 27.8 Å². The third-order valence-electron chi connectivity index (χ3n) is 3.83. The predicted octanol–water partition coefficient (Wildman–Crippen LogP) is 1.60. The number of benzene rings is 1. The lowest BCUT2D eigenvalue weighted by Crippen LogP contribution is -2.52. The molecule has 1 aliphatic heterocycles. The van der Waals surface area contributed by atoms with Crippen molar-refractivity contribution >= 4 is 11.6 Å². The highest BCUT2D eigenvalue weighted by Gasteiger charge is 2.36. The van der Waals surface area contributed by atoms with Crippen LogP contribution in [0.25, 0.3) is 0 Å². The van der Waals surface area contributed by atoms with Gasteiger partial charge in [-0.2, -0.15) is 18.4 Å². The van der Waals surface area contributed by atoms with E-state index in [0.29, 0.717) is 32.4 Å². The van der Waals surface area contributed by atoms with Crippen LogP contribution in [-0.2, 0) is 15.7 Å². The van der Waals surface area contributed by atoms with Crippen LogP contribution in [0, 0.1) is 11.3 Å². The van der Waals surface area contributed by atoms with Gasteiger partial charge in [0.25, 0.3) is 5.91 Å². The average molecular weight is 357 g/mol. The lowest BCUT2D eigenvalue weighted by molar-refractivity contribution is -0.138. The quantitative estimate of drug-likeness (QED) is 0.855. The Morgan fingerprint density at radius 1 is 1.40 bits per heavy atom. The van der Waals surface area contributed by atoms with Crippen LogP contribution in [0.3, 0.4) is 0 Å². The largest absolute Gasteiger partial charge is 0.417 e. The lowest BCUT2D eigenvalue weighted by atomic mass is 10.0. The second-order valence-corrected chi connectivity index (χ2v) is 5.99. The Kier molecular flexibility index (Phi) is 5.67. The van der Waals surface area contributed by atoms with E-state index in [9.17, 15) is 23.1 Å². The van der Waals surface area contributed by atoms with Gasteiger partial charge < -0.3 is 15.2 Å². The van der Waals surface area contributed by atoms with Gasteiger partial charge in [0, 0.05) is 25.3 Å². The number of nitrogens with one attached hydrogen (secondary N) is 1. The number of ether oxygens (including phenoxy) is 1. The summed E-state index contributed by atoms with van der Waals surface area (Å²) in [7, 11) is 0. The van der Waals surface area contributed by atoms with Gasteiger partial charge in [0.2, 0.25) is 0 Å². The zero-order valence-corrected chi connectivity index (χ0v) is 13.6. The highest BCUT2D eigenvalue weighted by Crippen LogP contribution is 2.33. The van der Waals surface area contributed by atoms with Crippen molar-refractivity contribution in [2.24, 2.45) is 0 Å². The number of carbonyl (C=O) groups excluding carboxylic acids is 1. The third kappa shape index (κ3) is 4.92. The highest BCUT2D eigenvalue weighted by molar-refractivity contribution is 5.97. The van der Waals surface area contributed by atoms with E-state index in [-0.39, 0.29) is 12.2 Å². The van der Waals surface area contributed by atoms with Gasteiger partial charge in [-0.3, -0.25) is 9.69 Å². The highest BCUT2D eigenvalue weighted by atomic mass is 19.4. The minimum Gasteiger partial charge on any atom is -0.379 e. The van der Waals surface area contributed by atoms with Gasteiger partial charge in [-0.15, -0.1) is 0 Å². The smallest absolute Gasteiger partial charge is 0.379 e. The molecule has 6 nitrogen and oxygen atoms in total. The Morgan fingerprint density at radius 2 is 2.04 bits per heavy atom. The number of anilines is 1. The number of nitriles is 1. The van der Waals surface area contributed by atoms with Crippen LogP contribution in [0.15, 0.2) is 18.2 Å². The summed E-state index contributed by atoms with van der Waals surface area (Å²) in [5.74, 6) is -0.822. The molecule has 1 saturated heterocycles. The fourth-order valence-electron chi connectivity index (χ4n) is 2.49. The van der Waals surface area contributed by atoms with Crippen LogP contribution < -0.4 is 5.32 Å². The summed E-state index contributed by atoms with van der Waals surface area (Å²) >= 11 is 0. The zero-order valence-electron chi connectivity index (χ0n) is 13.6. The minimum absolute atomic E-state index is 0.0323. The molecule has 0 radical (unpaired) electrons. The van der Waals surface area contributed by atoms with E-state index in [4.69, 9.17) is 10.00 Å². The average Bonchev–Trinajstić information content (AvgIpc) is 2.54. The summed E-state index contributed by atoms with van der Waals surface area (Å²) in [4.78, 5) is 14.1. The van der Waals surface area contributed by atoms with Gasteiger partial charge in [0.15, 0.2) is 5.60 Å². The fourth-order valence-corrected chi connectivity index (χ4v) is 2.49. The molecule has 136 valence electrons. The predicted molar refractivity (Wildman–Crippen MR) is 82.7 cm³/mol. The van der Waals surface area contributed by atoms with Gasteiger partial charge in [-0.1, -0.05) is 0 Å². The molecule has 1 unspecified atom stereocenters. The van der Waals surface area contributed by atoms with Gasteiger partial charge in [0.1, 0.15) is 0 Å². The molecule has 0 bridgehead atoms.